The van der Waals surface area contributed by atoms with Gasteiger partial charge in [-0.3, -0.25) is 9.59 Å². The van der Waals surface area contributed by atoms with E-state index in [1.165, 1.54) is 48.5 Å². The molecule has 4 nitrogen and oxygen atoms in total. The van der Waals surface area contributed by atoms with Crippen LogP contribution in [-0.2, 0) is 19.1 Å². The zero-order chi connectivity index (χ0) is 25.5. The zero-order valence-electron chi connectivity index (χ0n) is 19.3. The number of carbonyl (C=O) groups excluding carboxylic acids is 2. The van der Waals surface area contributed by atoms with E-state index >= 15 is 0 Å². The summed E-state index contributed by atoms with van der Waals surface area (Å²) in [5.74, 6) is 19.0. The molecule has 0 saturated carbocycles. The monoisotopic (exact) mass is 472 g/mol. The molecule has 0 heterocycles. The molecule has 0 N–H and O–H groups in total. The fourth-order valence-corrected chi connectivity index (χ4v) is 2.72. The molecule has 2 aromatic carbocycles. The van der Waals surface area contributed by atoms with Crippen LogP contribution in [0.3, 0.4) is 0 Å². The van der Waals surface area contributed by atoms with Crippen molar-refractivity contribution in [2.24, 2.45) is 5.41 Å². The number of hydrogen-bond donors (Lipinski definition) is 0. The van der Waals surface area contributed by atoms with Gasteiger partial charge < -0.3 is 9.47 Å². The number of benzene rings is 2. The normalized spacial score (nSPS) is 9.49. The van der Waals surface area contributed by atoms with Gasteiger partial charge in [-0.15, -0.1) is 0 Å². The molecule has 2 rings (SSSR count). The summed E-state index contributed by atoms with van der Waals surface area (Å²) in [4.78, 5) is 25.6. The first-order valence-electron chi connectivity index (χ1n) is 10.7. The first kappa shape index (κ1) is 26.7. The number of halogens is 2. The Hall–Kier alpha value is -4.52. The Balaban J connectivity index is 2.28. The summed E-state index contributed by atoms with van der Waals surface area (Å²) in [5.41, 5.74) is -0.650. The molecule has 0 aliphatic carbocycles. The average Bonchev–Trinajstić information content (AvgIpc) is 2.85. The summed E-state index contributed by atoms with van der Waals surface area (Å²) in [6.07, 6.45) is -0.467. The van der Waals surface area contributed by atoms with Crippen LogP contribution < -0.4 is 0 Å². The molecular formula is C29H22F2O4. The molecule has 0 aliphatic rings. The standard InChI is InChI=1S/C29H22F2O4/c1-3-34-27(32)29(28(33)35-4-2,21-9-5-7-11-23-13-17-25(30)18-14-23)22-10-6-8-12-24-15-19-26(31)20-16-24/h13-20H,3-4,21-22H2,1-2H3. The molecule has 0 bridgehead atoms. The SMILES string of the molecule is CCOC(=O)C(CC#CC#Cc1ccc(F)cc1)(CC#CC#Cc1ccc(F)cc1)C(=O)OCC. The number of rotatable bonds is 6. The van der Waals surface area contributed by atoms with E-state index in [-0.39, 0.29) is 37.7 Å². The van der Waals surface area contributed by atoms with Crippen LogP contribution in [0.15, 0.2) is 48.5 Å². The van der Waals surface area contributed by atoms with E-state index in [0.29, 0.717) is 11.1 Å². The fraction of sp³-hybridized carbons (Fsp3) is 0.241. The summed E-state index contributed by atoms with van der Waals surface area (Å²) in [7, 11) is 0. The van der Waals surface area contributed by atoms with Gasteiger partial charge in [-0.2, -0.15) is 0 Å². The zero-order valence-corrected chi connectivity index (χ0v) is 19.3. The van der Waals surface area contributed by atoms with E-state index in [1.54, 1.807) is 13.8 Å². The topological polar surface area (TPSA) is 52.6 Å². The highest BCUT2D eigenvalue weighted by molar-refractivity contribution is 6.00. The van der Waals surface area contributed by atoms with Crippen molar-refractivity contribution in [3.63, 3.8) is 0 Å². The van der Waals surface area contributed by atoms with Crippen LogP contribution in [-0.4, -0.2) is 25.2 Å². The van der Waals surface area contributed by atoms with Gasteiger partial charge in [0.25, 0.3) is 0 Å². The van der Waals surface area contributed by atoms with Crippen molar-refractivity contribution in [3.05, 3.63) is 71.3 Å². The number of carbonyl (C=O) groups is 2. The first-order valence-corrected chi connectivity index (χ1v) is 10.7. The largest absolute Gasteiger partial charge is 0.465 e. The second-order valence-electron chi connectivity index (χ2n) is 6.99. The quantitative estimate of drug-likeness (QED) is 0.358. The third-order valence-electron chi connectivity index (χ3n) is 4.52. The molecule has 0 radical (unpaired) electrons. The van der Waals surface area contributed by atoms with Crippen molar-refractivity contribution in [3.8, 4) is 47.4 Å². The molecule has 0 aliphatic heterocycles. The third kappa shape index (κ3) is 8.40. The van der Waals surface area contributed by atoms with Crippen molar-refractivity contribution < 1.29 is 27.8 Å². The molecule has 0 saturated heterocycles. The Kier molecular flexibility index (Phi) is 10.6. The number of esters is 2. The van der Waals surface area contributed by atoms with Crippen LogP contribution in [0.2, 0.25) is 0 Å². The highest BCUT2D eigenvalue weighted by atomic mass is 19.1. The minimum absolute atomic E-state index is 0.0512. The van der Waals surface area contributed by atoms with Crippen molar-refractivity contribution in [1.82, 2.24) is 0 Å². The molecule has 176 valence electrons. The van der Waals surface area contributed by atoms with E-state index in [0.717, 1.165) is 0 Å². The molecular weight excluding hydrogens is 450 g/mol. The van der Waals surface area contributed by atoms with Crippen LogP contribution in [0.25, 0.3) is 0 Å². The van der Waals surface area contributed by atoms with Gasteiger partial charge in [-0.1, -0.05) is 23.7 Å². The molecule has 2 aromatic rings. The van der Waals surface area contributed by atoms with Gasteiger partial charge >= 0.3 is 11.9 Å². The van der Waals surface area contributed by atoms with E-state index in [9.17, 15) is 18.4 Å². The van der Waals surface area contributed by atoms with Gasteiger partial charge in [0.2, 0.25) is 0 Å². The lowest BCUT2D eigenvalue weighted by molar-refractivity contribution is -0.171. The van der Waals surface area contributed by atoms with Gasteiger partial charge in [0.15, 0.2) is 5.41 Å². The van der Waals surface area contributed by atoms with Crippen LogP contribution in [0.5, 0.6) is 0 Å². The Morgan fingerprint density at radius 2 is 1.06 bits per heavy atom. The third-order valence-corrected chi connectivity index (χ3v) is 4.52. The van der Waals surface area contributed by atoms with Crippen molar-refractivity contribution in [2.75, 3.05) is 13.2 Å². The predicted molar refractivity (Wildman–Crippen MR) is 127 cm³/mol. The van der Waals surface area contributed by atoms with Gasteiger partial charge in [0, 0.05) is 24.0 Å². The molecule has 35 heavy (non-hydrogen) atoms. The minimum atomic E-state index is -1.78. The van der Waals surface area contributed by atoms with Crippen LogP contribution in [0, 0.1) is 64.4 Å². The summed E-state index contributed by atoms with van der Waals surface area (Å²) in [6, 6.07) is 11.1. The van der Waals surface area contributed by atoms with Crippen molar-refractivity contribution in [2.45, 2.75) is 26.7 Å². The molecule has 0 aromatic heterocycles. The van der Waals surface area contributed by atoms with Crippen LogP contribution >= 0.6 is 0 Å². The lowest BCUT2D eigenvalue weighted by atomic mass is 9.81. The first-order chi connectivity index (χ1) is 16.9. The van der Waals surface area contributed by atoms with E-state index < -0.39 is 17.4 Å². The van der Waals surface area contributed by atoms with Gasteiger partial charge in [-0.05, 0) is 86.1 Å². The van der Waals surface area contributed by atoms with Gasteiger partial charge in [0.05, 0.1) is 13.2 Å². The van der Waals surface area contributed by atoms with Crippen molar-refractivity contribution in [1.29, 1.82) is 0 Å². The minimum Gasteiger partial charge on any atom is -0.465 e. The fourth-order valence-electron chi connectivity index (χ4n) is 2.72. The second kappa shape index (κ2) is 13.9. The summed E-state index contributed by atoms with van der Waals surface area (Å²) < 4.78 is 36.2. The summed E-state index contributed by atoms with van der Waals surface area (Å²) >= 11 is 0. The molecule has 0 atom stereocenters. The highest BCUT2D eigenvalue weighted by Crippen LogP contribution is 2.30. The predicted octanol–water partition coefficient (Wildman–Crippen LogP) is 4.27. The number of ether oxygens (including phenoxy) is 2. The van der Waals surface area contributed by atoms with Crippen LogP contribution in [0.1, 0.15) is 37.8 Å². The van der Waals surface area contributed by atoms with E-state index in [1.807, 2.05) is 0 Å². The molecule has 0 amide bonds. The van der Waals surface area contributed by atoms with E-state index in [2.05, 4.69) is 47.4 Å². The maximum absolute atomic E-state index is 13.0. The summed E-state index contributed by atoms with van der Waals surface area (Å²) in [5, 5.41) is 0. The smallest absolute Gasteiger partial charge is 0.325 e. The lowest BCUT2D eigenvalue weighted by Crippen LogP contribution is -2.41. The highest BCUT2D eigenvalue weighted by Gasteiger charge is 2.48. The Labute approximate surface area is 204 Å². The Morgan fingerprint density at radius 3 is 1.40 bits per heavy atom. The Bertz CT molecular complexity index is 1180. The average molecular weight is 472 g/mol. The molecule has 0 unspecified atom stereocenters. The van der Waals surface area contributed by atoms with Gasteiger partial charge in [-0.25, -0.2) is 8.78 Å². The van der Waals surface area contributed by atoms with Crippen molar-refractivity contribution >= 4 is 11.9 Å². The molecule has 0 fully saturated rings. The lowest BCUT2D eigenvalue weighted by Gasteiger charge is -2.25. The van der Waals surface area contributed by atoms with E-state index in [4.69, 9.17) is 9.47 Å². The van der Waals surface area contributed by atoms with Gasteiger partial charge in [0.1, 0.15) is 11.6 Å². The van der Waals surface area contributed by atoms with Crippen LogP contribution in [0.4, 0.5) is 8.78 Å². The maximum atomic E-state index is 13.0. The summed E-state index contributed by atoms with van der Waals surface area (Å²) in [6.45, 7) is 3.34. The molecule has 0 spiro atoms. The maximum Gasteiger partial charge on any atom is 0.325 e. The number of hydrogen-bond acceptors (Lipinski definition) is 4. The second-order valence-corrected chi connectivity index (χ2v) is 6.99. The Morgan fingerprint density at radius 1 is 0.686 bits per heavy atom. The molecule has 6 heteroatoms.